The lowest BCUT2D eigenvalue weighted by molar-refractivity contribution is -0.101. The van der Waals surface area contributed by atoms with Gasteiger partial charge >= 0.3 is 7.82 Å². The van der Waals surface area contributed by atoms with Crippen molar-refractivity contribution in [2.24, 2.45) is 0 Å². The van der Waals surface area contributed by atoms with E-state index in [4.69, 9.17) is 10.00 Å². The molecule has 2 fully saturated rings. The lowest BCUT2D eigenvalue weighted by Gasteiger charge is -2.07. The van der Waals surface area contributed by atoms with Crippen LogP contribution in [0.5, 0.6) is 0 Å². The second-order valence-electron chi connectivity index (χ2n) is 2.41. The Morgan fingerprint density at radius 1 is 1.45 bits per heavy atom. The van der Waals surface area contributed by atoms with E-state index in [9.17, 15) is 4.57 Å². The Balaban J connectivity index is 2.16. The predicted molar refractivity (Wildman–Crippen MR) is 31.5 cm³/mol. The molecular weight excluding hydrogens is 175 g/mol. The van der Waals surface area contributed by atoms with Crippen molar-refractivity contribution in [2.75, 3.05) is 6.61 Å². The van der Waals surface area contributed by atoms with Gasteiger partial charge in [0.15, 0.2) is 6.29 Å². The number of hydrogen-bond acceptors (Lipinski definition) is 5. The topological polar surface area (TPSA) is 85.2 Å². The van der Waals surface area contributed by atoms with Gasteiger partial charge in [-0.1, -0.05) is 0 Å². The van der Waals surface area contributed by atoms with Crippen LogP contribution in [0.25, 0.3) is 0 Å². The first-order valence-electron chi connectivity index (χ1n) is 3.08. The van der Waals surface area contributed by atoms with Crippen molar-refractivity contribution in [3.8, 4) is 0 Å². The molecule has 0 aromatic heterocycles. The number of fused-ring (bicyclic) bond motifs is 1. The fraction of sp³-hybridized carbons (Fsp3) is 1.00. The van der Waals surface area contributed by atoms with E-state index in [0.717, 1.165) is 0 Å². The van der Waals surface area contributed by atoms with Crippen LogP contribution in [0.2, 0.25) is 0 Å². The molecular formula is C4H7O6P. The fourth-order valence-corrected chi connectivity index (χ4v) is 2.25. The zero-order valence-electron chi connectivity index (χ0n) is 5.41. The highest BCUT2D eigenvalue weighted by Crippen LogP contribution is 2.54. The highest BCUT2D eigenvalue weighted by molar-refractivity contribution is 7.47. The molecule has 64 valence electrons. The molecule has 0 saturated carbocycles. The van der Waals surface area contributed by atoms with Crippen LogP contribution in [0.3, 0.4) is 0 Å². The summed E-state index contributed by atoms with van der Waals surface area (Å²) in [6.07, 6.45) is -2.57. The van der Waals surface area contributed by atoms with Crippen molar-refractivity contribution in [1.82, 2.24) is 0 Å². The summed E-state index contributed by atoms with van der Waals surface area (Å²) in [4.78, 5) is 8.76. The molecule has 0 amide bonds. The number of aliphatic hydroxyl groups excluding tert-OH is 1. The van der Waals surface area contributed by atoms with E-state index >= 15 is 0 Å². The van der Waals surface area contributed by atoms with Gasteiger partial charge in [-0.15, -0.1) is 0 Å². The van der Waals surface area contributed by atoms with Crippen molar-refractivity contribution >= 4 is 7.82 Å². The molecule has 4 unspecified atom stereocenters. The van der Waals surface area contributed by atoms with Gasteiger partial charge in [-0.25, -0.2) is 4.57 Å². The quantitative estimate of drug-likeness (QED) is 0.478. The second kappa shape index (κ2) is 2.26. The first-order chi connectivity index (χ1) is 5.08. The summed E-state index contributed by atoms with van der Waals surface area (Å²) in [5.74, 6) is 0. The van der Waals surface area contributed by atoms with Gasteiger partial charge in [0.05, 0.1) is 6.61 Å². The smallest absolute Gasteiger partial charge is 0.366 e. The number of ether oxygens (including phenoxy) is 1. The third-order valence-electron chi connectivity index (χ3n) is 1.60. The minimum absolute atomic E-state index is 0.0936. The van der Waals surface area contributed by atoms with Crippen LogP contribution >= 0.6 is 7.82 Å². The molecule has 0 bridgehead atoms. The van der Waals surface area contributed by atoms with E-state index in [1.54, 1.807) is 0 Å². The molecule has 0 aliphatic carbocycles. The minimum Gasteiger partial charge on any atom is -0.366 e. The molecule has 0 aromatic rings. The molecule has 2 heterocycles. The highest BCUT2D eigenvalue weighted by Gasteiger charge is 2.51. The summed E-state index contributed by atoms with van der Waals surface area (Å²) in [5.41, 5.74) is 0. The van der Waals surface area contributed by atoms with Crippen LogP contribution in [0, 0.1) is 0 Å². The largest absolute Gasteiger partial charge is 0.473 e. The molecule has 2 rings (SSSR count). The molecule has 4 atom stereocenters. The van der Waals surface area contributed by atoms with E-state index in [-0.39, 0.29) is 6.61 Å². The van der Waals surface area contributed by atoms with Crippen molar-refractivity contribution in [2.45, 2.75) is 18.5 Å². The van der Waals surface area contributed by atoms with E-state index in [2.05, 4.69) is 13.8 Å². The van der Waals surface area contributed by atoms with Crippen LogP contribution in [0.1, 0.15) is 0 Å². The molecule has 2 aliphatic rings. The van der Waals surface area contributed by atoms with E-state index in [0.29, 0.717) is 0 Å². The Morgan fingerprint density at radius 3 is 2.82 bits per heavy atom. The second-order valence-corrected chi connectivity index (χ2v) is 3.77. The summed E-state index contributed by atoms with van der Waals surface area (Å²) in [6, 6.07) is 0. The third-order valence-corrected chi connectivity index (χ3v) is 2.65. The van der Waals surface area contributed by atoms with Crippen molar-refractivity contribution in [3.63, 3.8) is 0 Å². The van der Waals surface area contributed by atoms with Gasteiger partial charge in [0.25, 0.3) is 0 Å². The van der Waals surface area contributed by atoms with E-state index in [1.807, 2.05) is 0 Å². The summed E-state index contributed by atoms with van der Waals surface area (Å²) in [6.45, 7) is 0.0936. The average Bonchev–Trinajstić information content (AvgIpc) is 2.31. The van der Waals surface area contributed by atoms with Crippen LogP contribution in [-0.2, 0) is 18.3 Å². The van der Waals surface area contributed by atoms with E-state index < -0.39 is 26.3 Å². The predicted octanol–water partition coefficient (Wildman–Crippen LogP) is -0.781. The zero-order valence-corrected chi connectivity index (χ0v) is 6.31. The first kappa shape index (κ1) is 7.67. The molecule has 0 spiro atoms. The highest BCUT2D eigenvalue weighted by atomic mass is 31.2. The Morgan fingerprint density at radius 2 is 2.18 bits per heavy atom. The average molecular weight is 182 g/mol. The SMILES string of the molecule is O=P1(O)OC2COC(O)C2O1. The number of rotatable bonds is 0. The maximum Gasteiger partial charge on any atom is 0.473 e. The summed E-state index contributed by atoms with van der Waals surface area (Å²) in [7, 11) is -3.90. The molecule has 2 N–H and O–H groups in total. The molecule has 2 saturated heterocycles. The van der Waals surface area contributed by atoms with Gasteiger partial charge in [0.2, 0.25) is 0 Å². The van der Waals surface area contributed by atoms with Crippen molar-refractivity contribution in [1.29, 1.82) is 0 Å². The third kappa shape index (κ3) is 1.22. The first-order valence-corrected chi connectivity index (χ1v) is 4.57. The van der Waals surface area contributed by atoms with Gasteiger partial charge in [0.1, 0.15) is 12.2 Å². The van der Waals surface area contributed by atoms with Gasteiger partial charge in [-0.2, -0.15) is 0 Å². The summed E-state index contributed by atoms with van der Waals surface area (Å²) in [5, 5.41) is 8.97. The van der Waals surface area contributed by atoms with Crippen molar-refractivity contribution < 1.29 is 28.3 Å². The van der Waals surface area contributed by atoms with Gasteiger partial charge < -0.3 is 14.7 Å². The zero-order chi connectivity index (χ0) is 8.06. The number of phosphoric ester groups is 1. The van der Waals surface area contributed by atoms with Crippen LogP contribution in [0.4, 0.5) is 0 Å². The maximum absolute atomic E-state index is 10.7. The molecule has 6 nitrogen and oxygen atoms in total. The lowest BCUT2D eigenvalue weighted by atomic mass is 10.2. The Hall–Kier alpha value is 0.0300. The molecule has 11 heavy (non-hydrogen) atoms. The van der Waals surface area contributed by atoms with E-state index in [1.165, 1.54) is 0 Å². The lowest BCUT2D eigenvalue weighted by Crippen LogP contribution is -2.26. The Labute approximate surface area is 62.3 Å². The Kier molecular flexibility index (Phi) is 1.57. The number of phosphoric acid groups is 1. The summed E-state index contributed by atoms with van der Waals surface area (Å²) >= 11 is 0. The maximum atomic E-state index is 10.7. The molecule has 7 heteroatoms. The number of aliphatic hydroxyl groups is 1. The van der Waals surface area contributed by atoms with Crippen LogP contribution in [-0.4, -0.2) is 35.1 Å². The molecule has 2 aliphatic heterocycles. The van der Waals surface area contributed by atoms with Gasteiger partial charge in [0, 0.05) is 0 Å². The van der Waals surface area contributed by atoms with Crippen LogP contribution < -0.4 is 0 Å². The fourth-order valence-electron chi connectivity index (χ4n) is 1.13. The van der Waals surface area contributed by atoms with Crippen molar-refractivity contribution in [3.05, 3.63) is 0 Å². The monoisotopic (exact) mass is 182 g/mol. The van der Waals surface area contributed by atoms with Gasteiger partial charge in [-0.3, -0.25) is 9.05 Å². The van der Waals surface area contributed by atoms with Gasteiger partial charge in [-0.05, 0) is 0 Å². The summed E-state index contributed by atoms with van der Waals surface area (Å²) < 4.78 is 24.4. The standard InChI is InChI=1S/C4H7O6P/c5-4-3-2(1-8-4)9-11(6,7)10-3/h2-5H,1H2,(H,6,7). The number of hydrogen-bond donors (Lipinski definition) is 2. The normalized spacial score (nSPS) is 56.4. The molecule has 0 aromatic carbocycles. The minimum atomic E-state index is -3.90. The Bertz CT molecular complexity index is 217. The van der Waals surface area contributed by atoms with Crippen LogP contribution in [0.15, 0.2) is 0 Å². The molecule has 0 radical (unpaired) electrons.